The van der Waals surface area contributed by atoms with E-state index < -0.39 is 0 Å². The van der Waals surface area contributed by atoms with E-state index in [1.807, 2.05) is 13.0 Å². The van der Waals surface area contributed by atoms with E-state index >= 15 is 0 Å². The maximum absolute atomic E-state index is 11.9. The number of anilines is 1. The van der Waals surface area contributed by atoms with Crippen LogP contribution in [0.5, 0.6) is 0 Å². The van der Waals surface area contributed by atoms with Crippen molar-refractivity contribution >= 4 is 29.1 Å². The molecule has 0 aliphatic carbocycles. The number of aryl methyl sites for hydroxylation is 1. The van der Waals surface area contributed by atoms with Gasteiger partial charge in [-0.15, -0.1) is 0 Å². The highest BCUT2D eigenvalue weighted by Gasteiger charge is 2.29. The fourth-order valence-corrected chi connectivity index (χ4v) is 1.98. The van der Waals surface area contributed by atoms with Gasteiger partial charge in [-0.1, -0.05) is 17.7 Å². The Morgan fingerprint density at radius 1 is 1.18 bits per heavy atom. The number of hydrogen-bond acceptors (Lipinski definition) is 2. The molecule has 1 aromatic rings. The maximum Gasteiger partial charge on any atom is 0.247 e. The van der Waals surface area contributed by atoms with Crippen molar-refractivity contribution in [3.05, 3.63) is 28.8 Å². The van der Waals surface area contributed by atoms with Crippen LogP contribution in [0.1, 0.15) is 5.56 Å². The lowest BCUT2D eigenvalue weighted by molar-refractivity contribution is -0.136. The summed E-state index contributed by atoms with van der Waals surface area (Å²) in [4.78, 5) is 26.4. The van der Waals surface area contributed by atoms with Gasteiger partial charge in [0.25, 0.3) is 0 Å². The second-order valence-electron chi connectivity index (χ2n) is 4.16. The molecule has 1 aliphatic rings. The monoisotopic (exact) mass is 252 g/mol. The third-order valence-electron chi connectivity index (χ3n) is 2.85. The first-order valence-electron chi connectivity index (χ1n) is 5.29. The molecule has 1 fully saturated rings. The quantitative estimate of drug-likeness (QED) is 0.759. The van der Waals surface area contributed by atoms with Gasteiger partial charge in [0.05, 0.1) is 6.54 Å². The maximum atomic E-state index is 11.9. The number of piperazine rings is 1. The zero-order chi connectivity index (χ0) is 12.6. The zero-order valence-corrected chi connectivity index (χ0v) is 10.5. The number of likely N-dealkylation sites (N-methyl/N-ethyl adjacent to an activating group) is 1. The molecule has 1 saturated heterocycles. The van der Waals surface area contributed by atoms with Crippen LogP contribution in [0.4, 0.5) is 5.69 Å². The molecule has 0 aromatic heterocycles. The molecule has 0 atom stereocenters. The van der Waals surface area contributed by atoms with Crippen molar-refractivity contribution in [1.29, 1.82) is 0 Å². The molecule has 0 radical (unpaired) electrons. The van der Waals surface area contributed by atoms with Crippen LogP contribution in [0.3, 0.4) is 0 Å². The Kier molecular flexibility index (Phi) is 3.07. The van der Waals surface area contributed by atoms with E-state index in [9.17, 15) is 9.59 Å². The van der Waals surface area contributed by atoms with Crippen molar-refractivity contribution in [2.24, 2.45) is 0 Å². The summed E-state index contributed by atoms with van der Waals surface area (Å²) in [5, 5.41) is 0.560. The summed E-state index contributed by atoms with van der Waals surface area (Å²) < 4.78 is 0. The lowest BCUT2D eigenvalue weighted by Gasteiger charge is -2.32. The lowest BCUT2D eigenvalue weighted by Crippen LogP contribution is -2.52. The van der Waals surface area contributed by atoms with Gasteiger partial charge in [-0.25, -0.2) is 0 Å². The molecule has 2 rings (SSSR count). The Bertz CT molecular complexity index is 487. The van der Waals surface area contributed by atoms with Gasteiger partial charge in [-0.3, -0.25) is 9.59 Å². The number of rotatable bonds is 1. The van der Waals surface area contributed by atoms with Gasteiger partial charge in [-0.05, 0) is 24.6 Å². The van der Waals surface area contributed by atoms with Crippen molar-refractivity contribution in [2.45, 2.75) is 6.92 Å². The molecule has 1 heterocycles. The van der Waals surface area contributed by atoms with Crippen LogP contribution >= 0.6 is 11.6 Å². The third-order valence-corrected chi connectivity index (χ3v) is 3.09. The molecule has 0 bridgehead atoms. The van der Waals surface area contributed by atoms with Crippen molar-refractivity contribution in [2.75, 3.05) is 25.0 Å². The van der Waals surface area contributed by atoms with E-state index in [4.69, 9.17) is 11.6 Å². The molecule has 4 nitrogen and oxygen atoms in total. The second-order valence-corrected chi connectivity index (χ2v) is 4.60. The smallest absolute Gasteiger partial charge is 0.247 e. The van der Waals surface area contributed by atoms with Gasteiger partial charge in [0.2, 0.25) is 11.8 Å². The van der Waals surface area contributed by atoms with Crippen molar-refractivity contribution in [1.82, 2.24) is 4.90 Å². The van der Waals surface area contributed by atoms with E-state index in [1.165, 1.54) is 9.80 Å². The standard InChI is InChI=1S/C12H13ClN2O2/c1-8-3-4-9(13)5-10(8)15-7-11(16)14(2)6-12(15)17/h3-5H,6-7H2,1-2H3. The van der Waals surface area contributed by atoms with Gasteiger partial charge in [0, 0.05) is 17.8 Å². The molecule has 90 valence electrons. The summed E-state index contributed by atoms with van der Waals surface area (Å²) in [7, 11) is 1.63. The molecule has 2 amide bonds. The number of benzene rings is 1. The Morgan fingerprint density at radius 2 is 1.88 bits per heavy atom. The molecule has 17 heavy (non-hydrogen) atoms. The summed E-state index contributed by atoms with van der Waals surface area (Å²) in [5.41, 5.74) is 1.64. The number of hydrogen-bond donors (Lipinski definition) is 0. The van der Waals surface area contributed by atoms with Crippen LogP contribution in [0, 0.1) is 6.92 Å². The van der Waals surface area contributed by atoms with Gasteiger partial charge < -0.3 is 9.80 Å². The van der Waals surface area contributed by atoms with Crippen LogP contribution in [-0.4, -0.2) is 36.9 Å². The summed E-state index contributed by atoms with van der Waals surface area (Å²) in [5.74, 6) is -0.151. The molecule has 0 spiro atoms. The molecular formula is C12H13ClN2O2. The minimum atomic E-state index is -0.0857. The molecule has 0 unspecified atom stereocenters. The highest BCUT2D eigenvalue weighted by Crippen LogP contribution is 2.25. The van der Waals surface area contributed by atoms with Crippen molar-refractivity contribution in [3.63, 3.8) is 0 Å². The highest BCUT2D eigenvalue weighted by atomic mass is 35.5. The number of halogens is 1. The van der Waals surface area contributed by atoms with E-state index in [1.54, 1.807) is 19.2 Å². The van der Waals surface area contributed by atoms with Crippen LogP contribution in [0.15, 0.2) is 18.2 Å². The highest BCUT2D eigenvalue weighted by molar-refractivity contribution is 6.31. The summed E-state index contributed by atoms with van der Waals surface area (Å²) in [6.45, 7) is 2.09. The minimum absolute atomic E-state index is 0.0658. The third kappa shape index (κ3) is 2.26. The van der Waals surface area contributed by atoms with Crippen LogP contribution in [0.2, 0.25) is 5.02 Å². The molecule has 0 saturated carbocycles. The summed E-state index contributed by atoms with van der Waals surface area (Å²) >= 11 is 5.92. The summed E-state index contributed by atoms with van der Waals surface area (Å²) in [6, 6.07) is 5.32. The number of amides is 2. The first-order valence-corrected chi connectivity index (χ1v) is 5.67. The lowest BCUT2D eigenvalue weighted by atomic mass is 10.1. The van der Waals surface area contributed by atoms with Crippen molar-refractivity contribution in [3.8, 4) is 0 Å². The van der Waals surface area contributed by atoms with Gasteiger partial charge in [0.1, 0.15) is 6.54 Å². The Labute approximate surface area is 105 Å². The second kappa shape index (κ2) is 4.37. The minimum Gasteiger partial charge on any atom is -0.335 e. The molecule has 0 N–H and O–H groups in total. The van der Waals surface area contributed by atoms with Crippen LogP contribution in [0.25, 0.3) is 0 Å². The van der Waals surface area contributed by atoms with Crippen LogP contribution < -0.4 is 4.90 Å². The van der Waals surface area contributed by atoms with E-state index in [0.717, 1.165) is 5.56 Å². The molecular weight excluding hydrogens is 240 g/mol. The summed E-state index contributed by atoms with van der Waals surface area (Å²) in [6.07, 6.45) is 0. The Balaban J connectivity index is 2.36. The average molecular weight is 253 g/mol. The largest absolute Gasteiger partial charge is 0.335 e. The predicted molar refractivity (Wildman–Crippen MR) is 66.2 cm³/mol. The topological polar surface area (TPSA) is 40.6 Å². The molecule has 5 heteroatoms. The fraction of sp³-hybridized carbons (Fsp3) is 0.333. The van der Waals surface area contributed by atoms with E-state index in [-0.39, 0.29) is 24.9 Å². The van der Waals surface area contributed by atoms with E-state index in [0.29, 0.717) is 10.7 Å². The predicted octanol–water partition coefficient (Wildman–Crippen LogP) is 1.45. The number of nitrogens with zero attached hydrogens (tertiary/aromatic N) is 2. The van der Waals surface area contributed by atoms with Crippen molar-refractivity contribution < 1.29 is 9.59 Å². The molecule has 1 aromatic carbocycles. The first kappa shape index (κ1) is 11.9. The van der Waals surface area contributed by atoms with E-state index in [2.05, 4.69) is 0 Å². The average Bonchev–Trinajstić information content (AvgIpc) is 2.27. The van der Waals surface area contributed by atoms with Gasteiger partial charge in [-0.2, -0.15) is 0 Å². The Morgan fingerprint density at radius 3 is 2.59 bits per heavy atom. The first-order chi connectivity index (χ1) is 7.99. The van der Waals surface area contributed by atoms with Gasteiger partial charge >= 0.3 is 0 Å². The number of carbonyl (C=O) groups is 2. The Hall–Kier alpha value is -1.55. The fourth-order valence-electron chi connectivity index (χ4n) is 1.81. The normalized spacial score (nSPS) is 16.6. The number of carbonyl (C=O) groups excluding carboxylic acids is 2. The SMILES string of the molecule is Cc1ccc(Cl)cc1N1CC(=O)N(C)CC1=O. The van der Waals surface area contributed by atoms with Crippen LogP contribution in [-0.2, 0) is 9.59 Å². The zero-order valence-electron chi connectivity index (χ0n) is 9.74. The van der Waals surface area contributed by atoms with Gasteiger partial charge in [0.15, 0.2) is 0 Å². The molecule has 1 aliphatic heterocycles.